The second-order valence-corrected chi connectivity index (χ2v) is 11.4. The summed E-state index contributed by atoms with van der Waals surface area (Å²) in [5, 5.41) is 5.57. The number of thioether (sulfide) groups is 1. The number of halogens is 1. The molecule has 3 aromatic carbocycles. The molecule has 1 amide bonds. The van der Waals surface area contributed by atoms with Crippen LogP contribution < -0.4 is 4.74 Å². The molecule has 8 heteroatoms. The normalized spacial score (nSPS) is 14.6. The number of para-hydroxylation sites is 1. The Balaban J connectivity index is 1.45. The van der Waals surface area contributed by atoms with E-state index in [-0.39, 0.29) is 5.91 Å². The molecule has 0 saturated carbocycles. The summed E-state index contributed by atoms with van der Waals surface area (Å²) in [5.41, 5.74) is 4.37. The van der Waals surface area contributed by atoms with E-state index >= 15 is 0 Å². The molecule has 1 aliphatic rings. The first kappa shape index (κ1) is 26.2. The highest BCUT2D eigenvalue weighted by Crippen LogP contribution is 2.35. The standard InChI is InChI=1S/C30H26ClN3O2S2/c1-20(2)17-33-29(35)27(38-30(33)37)16-23-18-34(24-9-4-3-5-10-24)32-28(23)21-12-14-25(15-13-21)36-19-22-8-6-7-11-26(22)31/h3-16,18,20H,17,19H2,1-2H3. The Morgan fingerprint density at radius 3 is 2.45 bits per heavy atom. The predicted molar refractivity (Wildman–Crippen MR) is 160 cm³/mol. The molecule has 0 bridgehead atoms. The van der Waals surface area contributed by atoms with Crippen molar-refractivity contribution in [2.75, 3.05) is 6.54 Å². The minimum atomic E-state index is -0.0598. The molecule has 1 fully saturated rings. The number of carbonyl (C=O) groups is 1. The highest BCUT2D eigenvalue weighted by molar-refractivity contribution is 8.26. The number of carbonyl (C=O) groups excluding carboxylic acids is 1. The molecule has 0 unspecified atom stereocenters. The highest BCUT2D eigenvalue weighted by Gasteiger charge is 2.32. The number of thiocarbonyl (C=S) groups is 1. The fraction of sp³-hybridized carbons (Fsp3) is 0.167. The van der Waals surface area contributed by atoms with E-state index in [1.54, 1.807) is 4.90 Å². The Hall–Kier alpha value is -3.39. The maximum absolute atomic E-state index is 13.1. The van der Waals surface area contributed by atoms with Crippen LogP contribution >= 0.6 is 35.6 Å². The molecule has 0 aliphatic carbocycles. The first-order valence-electron chi connectivity index (χ1n) is 12.3. The van der Waals surface area contributed by atoms with Gasteiger partial charge in [0.2, 0.25) is 0 Å². The molecule has 0 spiro atoms. The fourth-order valence-electron chi connectivity index (χ4n) is 4.08. The smallest absolute Gasteiger partial charge is 0.266 e. The molecule has 5 rings (SSSR count). The van der Waals surface area contributed by atoms with Crippen molar-refractivity contribution in [2.24, 2.45) is 5.92 Å². The first-order valence-corrected chi connectivity index (χ1v) is 13.9. The summed E-state index contributed by atoms with van der Waals surface area (Å²) in [6, 6.07) is 25.3. The summed E-state index contributed by atoms with van der Waals surface area (Å²) in [4.78, 5) is 15.4. The molecule has 192 valence electrons. The lowest BCUT2D eigenvalue weighted by Crippen LogP contribution is -2.31. The van der Waals surface area contributed by atoms with Crippen molar-refractivity contribution >= 4 is 51.9 Å². The van der Waals surface area contributed by atoms with E-state index < -0.39 is 0 Å². The first-order chi connectivity index (χ1) is 18.4. The van der Waals surface area contributed by atoms with E-state index in [0.717, 1.165) is 33.8 Å². The van der Waals surface area contributed by atoms with Crippen LogP contribution in [0.5, 0.6) is 5.75 Å². The summed E-state index contributed by atoms with van der Waals surface area (Å²) in [6.45, 7) is 5.14. The van der Waals surface area contributed by atoms with Crippen LogP contribution in [0.4, 0.5) is 0 Å². The average molecular weight is 560 g/mol. The van der Waals surface area contributed by atoms with Crippen molar-refractivity contribution in [3.05, 3.63) is 106 Å². The topological polar surface area (TPSA) is 47.4 Å². The minimum absolute atomic E-state index is 0.0598. The van der Waals surface area contributed by atoms with Gasteiger partial charge in [-0.3, -0.25) is 9.69 Å². The Kier molecular flexibility index (Phi) is 7.98. The van der Waals surface area contributed by atoms with Gasteiger partial charge in [0.15, 0.2) is 0 Å². The van der Waals surface area contributed by atoms with Gasteiger partial charge in [-0.15, -0.1) is 0 Å². The van der Waals surface area contributed by atoms with Crippen LogP contribution in [-0.2, 0) is 11.4 Å². The van der Waals surface area contributed by atoms with E-state index in [1.807, 2.05) is 95.8 Å². The molecule has 1 saturated heterocycles. The van der Waals surface area contributed by atoms with Gasteiger partial charge in [0.1, 0.15) is 16.7 Å². The zero-order valence-corrected chi connectivity index (χ0v) is 23.4. The Labute approximate surface area is 237 Å². The molecule has 0 radical (unpaired) electrons. The van der Waals surface area contributed by atoms with Crippen LogP contribution in [0.25, 0.3) is 23.0 Å². The van der Waals surface area contributed by atoms with E-state index in [0.29, 0.717) is 33.3 Å². The fourth-order valence-corrected chi connectivity index (χ4v) is 5.54. The number of ether oxygens (including phenoxy) is 1. The van der Waals surface area contributed by atoms with Gasteiger partial charge in [0.05, 0.1) is 16.3 Å². The second-order valence-electron chi connectivity index (χ2n) is 9.30. The molecule has 1 aromatic heterocycles. The third-order valence-electron chi connectivity index (χ3n) is 5.95. The summed E-state index contributed by atoms with van der Waals surface area (Å²) >= 11 is 13.1. The molecule has 5 nitrogen and oxygen atoms in total. The number of rotatable bonds is 8. The number of hydrogen-bond acceptors (Lipinski definition) is 5. The molecule has 1 aliphatic heterocycles. The summed E-state index contributed by atoms with van der Waals surface area (Å²) in [6.07, 6.45) is 3.84. The predicted octanol–water partition coefficient (Wildman–Crippen LogP) is 7.63. The second kappa shape index (κ2) is 11.6. The van der Waals surface area contributed by atoms with Crippen LogP contribution in [0.1, 0.15) is 25.0 Å². The van der Waals surface area contributed by atoms with Crippen molar-refractivity contribution in [1.82, 2.24) is 14.7 Å². The monoisotopic (exact) mass is 559 g/mol. The summed E-state index contributed by atoms with van der Waals surface area (Å²) < 4.78 is 8.38. The van der Waals surface area contributed by atoms with Gasteiger partial charge in [-0.25, -0.2) is 4.68 Å². The maximum atomic E-state index is 13.1. The molecule has 0 atom stereocenters. The Morgan fingerprint density at radius 2 is 1.74 bits per heavy atom. The SMILES string of the molecule is CC(C)CN1C(=O)C(=Cc2cn(-c3ccccc3)nc2-c2ccc(OCc3ccccc3Cl)cc2)SC1=S. The zero-order valence-electron chi connectivity index (χ0n) is 21.0. The van der Waals surface area contributed by atoms with Crippen LogP contribution in [-0.4, -0.2) is 31.5 Å². The lowest BCUT2D eigenvalue weighted by Gasteiger charge is -2.16. The van der Waals surface area contributed by atoms with Crippen molar-refractivity contribution in [2.45, 2.75) is 20.5 Å². The third kappa shape index (κ3) is 5.85. The van der Waals surface area contributed by atoms with Gasteiger partial charge in [-0.1, -0.05) is 85.8 Å². The van der Waals surface area contributed by atoms with Crippen molar-refractivity contribution in [1.29, 1.82) is 0 Å². The van der Waals surface area contributed by atoms with Crippen molar-refractivity contribution < 1.29 is 9.53 Å². The van der Waals surface area contributed by atoms with Crippen LogP contribution in [0, 0.1) is 5.92 Å². The average Bonchev–Trinajstić information content (AvgIpc) is 3.45. The largest absolute Gasteiger partial charge is 0.489 e. The Morgan fingerprint density at radius 1 is 1.03 bits per heavy atom. The number of aromatic nitrogens is 2. The van der Waals surface area contributed by atoms with Gasteiger partial charge in [0.25, 0.3) is 5.91 Å². The molecule has 0 N–H and O–H groups in total. The van der Waals surface area contributed by atoms with Gasteiger partial charge < -0.3 is 4.74 Å². The van der Waals surface area contributed by atoms with Crippen molar-refractivity contribution in [3.63, 3.8) is 0 Å². The van der Waals surface area contributed by atoms with Gasteiger partial charge in [-0.2, -0.15) is 5.10 Å². The Bertz CT molecular complexity index is 1500. The van der Waals surface area contributed by atoms with E-state index in [9.17, 15) is 4.79 Å². The number of nitrogens with zero attached hydrogens (tertiary/aromatic N) is 3. The van der Waals surface area contributed by atoms with Crippen LogP contribution in [0.15, 0.2) is 90.0 Å². The van der Waals surface area contributed by atoms with E-state index in [4.69, 9.17) is 33.7 Å². The molecule has 4 aromatic rings. The van der Waals surface area contributed by atoms with Crippen LogP contribution in [0.2, 0.25) is 5.02 Å². The number of amides is 1. The number of hydrogen-bond donors (Lipinski definition) is 0. The maximum Gasteiger partial charge on any atom is 0.266 e. The van der Waals surface area contributed by atoms with E-state index in [1.165, 1.54) is 11.8 Å². The van der Waals surface area contributed by atoms with Crippen LogP contribution in [0.3, 0.4) is 0 Å². The molecular formula is C30H26ClN3O2S2. The minimum Gasteiger partial charge on any atom is -0.489 e. The zero-order chi connectivity index (χ0) is 26.6. The molecular weight excluding hydrogens is 534 g/mol. The van der Waals surface area contributed by atoms with E-state index in [2.05, 4.69) is 13.8 Å². The summed E-state index contributed by atoms with van der Waals surface area (Å²) in [7, 11) is 0. The lowest BCUT2D eigenvalue weighted by molar-refractivity contribution is -0.122. The quantitative estimate of drug-likeness (QED) is 0.164. The summed E-state index contributed by atoms with van der Waals surface area (Å²) in [5.74, 6) is 0.995. The third-order valence-corrected chi connectivity index (χ3v) is 7.70. The van der Waals surface area contributed by atoms with Gasteiger partial charge in [0, 0.05) is 34.5 Å². The van der Waals surface area contributed by atoms with Crippen molar-refractivity contribution in [3.8, 4) is 22.7 Å². The van der Waals surface area contributed by atoms with Gasteiger partial charge in [-0.05, 0) is 54.5 Å². The lowest BCUT2D eigenvalue weighted by atomic mass is 10.1. The van der Waals surface area contributed by atoms with Gasteiger partial charge >= 0.3 is 0 Å². The number of benzene rings is 3. The molecule has 38 heavy (non-hydrogen) atoms. The highest BCUT2D eigenvalue weighted by atomic mass is 35.5. The molecule has 2 heterocycles.